The third-order valence-electron chi connectivity index (χ3n) is 6.64. The van der Waals surface area contributed by atoms with Gasteiger partial charge in [-0.15, -0.1) is 0 Å². The molecule has 164 valence electrons. The van der Waals surface area contributed by atoms with Crippen molar-refractivity contribution >= 4 is 18.0 Å². The summed E-state index contributed by atoms with van der Waals surface area (Å²) in [6.07, 6.45) is 10.1. The van der Waals surface area contributed by atoms with Crippen molar-refractivity contribution in [3.63, 3.8) is 0 Å². The summed E-state index contributed by atoms with van der Waals surface area (Å²) >= 11 is 0. The van der Waals surface area contributed by atoms with Crippen LogP contribution in [0, 0.1) is 19.8 Å². The molecule has 2 atom stereocenters. The van der Waals surface area contributed by atoms with Crippen molar-refractivity contribution in [2.75, 3.05) is 13.2 Å². The van der Waals surface area contributed by atoms with E-state index in [1.807, 2.05) is 53.8 Å². The van der Waals surface area contributed by atoms with E-state index >= 15 is 0 Å². The van der Waals surface area contributed by atoms with Crippen molar-refractivity contribution in [2.24, 2.45) is 5.92 Å². The lowest BCUT2D eigenvalue weighted by Gasteiger charge is -2.44. The summed E-state index contributed by atoms with van der Waals surface area (Å²) in [5.74, 6) is 0.0496. The summed E-state index contributed by atoms with van der Waals surface area (Å²) in [5, 5.41) is 4.58. The lowest BCUT2D eigenvalue weighted by Crippen LogP contribution is -2.50. The number of benzene rings is 1. The molecule has 6 nitrogen and oxygen atoms in total. The molecule has 0 radical (unpaired) electrons. The summed E-state index contributed by atoms with van der Waals surface area (Å²) in [5.41, 5.74) is 3.63. The highest BCUT2D eigenvalue weighted by atomic mass is 16.5. The molecule has 1 aromatic heterocycles. The SMILES string of the molecule is Cc1nn(-c2ccccc2)c(C)c1/C=C/C(=O)OCC(=O)N1CCC[C@H]2CCCC[C@@H]21. The van der Waals surface area contributed by atoms with Crippen molar-refractivity contribution in [3.8, 4) is 5.69 Å². The molecular weight excluding hydrogens is 390 g/mol. The lowest BCUT2D eigenvalue weighted by atomic mass is 9.78. The van der Waals surface area contributed by atoms with Gasteiger partial charge in [-0.2, -0.15) is 5.10 Å². The van der Waals surface area contributed by atoms with E-state index in [2.05, 4.69) is 5.10 Å². The molecule has 0 bridgehead atoms. The van der Waals surface area contributed by atoms with E-state index in [-0.39, 0.29) is 12.5 Å². The van der Waals surface area contributed by atoms with E-state index in [4.69, 9.17) is 4.74 Å². The molecule has 31 heavy (non-hydrogen) atoms. The van der Waals surface area contributed by atoms with Gasteiger partial charge in [0.25, 0.3) is 5.91 Å². The number of para-hydroxylation sites is 1. The maximum atomic E-state index is 12.7. The summed E-state index contributed by atoms with van der Waals surface area (Å²) in [4.78, 5) is 27.0. The van der Waals surface area contributed by atoms with Crippen LogP contribution in [0.4, 0.5) is 0 Å². The Balaban J connectivity index is 1.36. The highest BCUT2D eigenvalue weighted by Crippen LogP contribution is 2.35. The average Bonchev–Trinajstić information content (AvgIpc) is 3.09. The summed E-state index contributed by atoms with van der Waals surface area (Å²) < 4.78 is 7.15. The summed E-state index contributed by atoms with van der Waals surface area (Å²) in [6.45, 7) is 4.48. The van der Waals surface area contributed by atoms with Gasteiger partial charge in [-0.1, -0.05) is 31.0 Å². The van der Waals surface area contributed by atoms with Gasteiger partial charge in [0.05, 0.1) is 11.4 Å². The van der Waals surface area contributed by atoms with Crippen LogP contribution in [-0.4, -0.2) is 45.8 Å². The number of amides is 1. The van der Waals surface area contributed by atoms with Crippen LogP contribution in [-0.2, 0) is 14.3 Å². The van der Waals surface area contributed by atoms with Crippen LogP contribution in [0.2, 0.25) is 0 Å². The second-order valence-electron chi connectivity index (χ2n) is 8.61. The number of carbonyl (C=O) groups is 2. The first-order valence-corrected chi connectivity index (χ1v) is 11.3. The molecule has 1 aliphatic carbocycles. The van der Waals surface area contributed by atoms with Crippen LogP contribution in [0.3, 0.4) is 0 Å². The number of aromatic nitrogens is 2. The number of hydrogen-bond acceptors (Lipinski definition) is 4. The molecule has 1 saturated heterocycles. The molecule has 1 saturated carbocycles. The number of likely N-dealkylation sites (tertiary alicyclic amines) is 1. The average molecular weight is 422 g/mol. The Bertz CT molecular complexity index is 962. The summed E-state index contributed by atoms with van der Waals surface area (Å²) in [6, 6.07) is 10.2. The molecule has 0 N–H and O–H groups in total. The Morgan fingerprint density at radius 1 is 1.10 bits per heavy atom. The fraction of sp³-hybridized carbons (Fsp3) is 0.480. The number of ether oxygens (including phenoxy) is 1. The van der Waals surface area contributed by atoms with Gasteiger partial charge in [0.1, 0.15) is 0 Å². The molecule has 1 amide bonds. The Labute approximate surface area is 183 Å². The number of carbonyl (C=O) groups excluding carboxylic acids is 2. The third kappa shape index (κ3) is 4.73. The maximum absolute atomic E-state index is 12.7. The second kappa shape index (κ2) is 9.50. The Morgan fingerprint density at radius 3 is 2.65 bits per heavy atom. The molecule has 1 aromatic carbocycles. The van der Waals surface area contributed by atoms with E-state index < -0.39 is 5.97 Å². The highest BCUT2D eigenvalue weighted by Gasteiger charge is 2.35. The zero-order chi connectivity index (χ0) is 21.8. The maximum Gasteiger partial charge on any atom is 0.331 e. The fourth-order valence-corrected chi connectivity index (χ4v) is 5.07. The number of esters is 1. The standard InChI is InChI=1S/C25H31N3O3/c1-18-22(19(2)28(26-18)21-11-4-3-5-12-21)14-15-25(30)31-17-24(29)27-16-8-10-20-9-6-7-13-23(20)27/h3-5,11-12,14-15,20,23H,6-10,13,16-17H2,1-2H3/b15-14+/t20-,23+/m1/s1. The van der Waals surface area contributed by atoms with Gasteiger partial charge in [-0.05, 0) is 63.7 Å². The van der Waals surface area contributed by atoms with Crippen LogP contribution in [0.15, 0.2) is 36.4 Å². The lowest BCUT2D eigenvalue weighted by molar-refractivity contribution is -0.151. The first kappa shape index (κ1) is 21.3. The minimum Gasteiger partial charge on any atom is -0.452 e. The van der Waals surface area contributed by atoms with Crippen LogP contribution < -0.4 is 0 Å². The van der Waals surface area contributed by atoms with E-state index in [1.54, 1.807) is 6.08 Å². The summed E-state index contributed by atoms with van der Waals surface area (Å²) in [7, 11) is 0. The Morgan fingerprint density at radius 2 is 1.84 bits per heavy atom. The van der Waals surface area contributed by atoms with Crippen molar-refractivity contribution in [1.82, 2.24) is 14.7 Å². The largest absolute Gasteiger partial charge is 0.452 e. The van der Waals surface area contributed by atoms with Crippen molar-refractivity contribution in [2.45, 2.75) is 58.4 Å². The molecular formula is C25H31N3O3. The quantitative estimate of drug-likeness (QED) is 0.535. The van der Waals surface area contributed by atoms with Gasteiger partial charge in [-0.3, -0.25) is 4.79 Å². The molecule has 0 unspecified atom stereocenters. The smallest absolute Gasteiger partial charge is 0.331 e. The van der Waals surface area contributed by atoms with Gasteiger partial charge in [0, 0.05) is 29.9 Å². The number of piperidine rings is 1. The fourth-order valence-electron chi connectivity index (χ4n) is 5.07. The first-order valence-electron chi connectivity index (χ1n) is 11.3. The molecule has 1 aliphatic heterocycles. The monoisotopic (exact) mass is 421 g/mol. The van der Waals surface area contributed by atoms with Crippen molar-refractivity contribution < 1.29 is 14.3 Å². The first-order chi connectivity index (χ1) is 15.0. The van der Waals surface area contributed by atoms with E-state index in [9.17, 15) is 9.59 Å². The Hall–Kier alpha value is -2.89. The van der Waals surface area contributed by atoms with Gasteiger partial charge in [0.2, 0.25) is 0 Å². The molecule has 2 aliphatic rings. The van der Waals surface area contributed by atoms with Crippen molar-refractivity contribution in [1.29, 1.82) is 0 Å². The molecule has 0 spiro atoms. The minimum atomic E-state index is -0.503. The predicted molar refractivity (Wildman–Crippen MR) is 120 cm³/mol. The molecule has 2 heterocycles. The third-order valence-corrected chi connectivity index (χ3v) is 6.64. The van der Waals surface area contributed by atoms with Gasteiger partial charge < -0.3 is 9.64 Å². The van der Waals surface area contributed by atoms with Gasteiger partial charge in [0.15, 0.2) is 6.61 Å². The van der Waals surface area contributed by atoms with Crippen LogP contribution in [0.5, 0.6) is 0 Å². The predicted octanol–water partition coefficient (Wildman–Crippen LogP) is 4.23. The zero-order valence-corrected chi connectivity index (χ0v) is 18.4. The highest BCUT2D eigenvalue weighted by molar-refractivity contribution is 5.89. The normalized spacial score (nSPS) is 21.2. The number of fused-ring (bicyclic) bond motifs is 1. The second-order valence-corrected chi connectivity index (χ2v) is 8.61. The number of rotatable bonds is 5. The molecule has 4 rings (SSSR count). The number of hydrogen-bond donors (Lipinski definition) is 0. The van der Waals surface area contributed by atoms with Crippen LogP contribution in [0.1, 0.15) is 55.5 Å². The number of aryl methyl sites for hydroxylation is 1. The topological polar surface area (TPSA) is 64.4 Å². The van der Waals surface area contributed by atoms with Crippen LogP contribution >= 0.6 is 0 Å². The zero-order valence-electron chi connectivity index (χ0n) is 18.4. The molecule has 6 heteroatoms. The van der Waals surface area contributed by atoms with E-state index in [1.165, 1.54) is 31.8 Å². The number of nitrogens with zero attached hydrogens (tertiary/aromatic N) is 3. The van der Waals surface area contributed by atoms with Gasteiger partial charge >= 0.3 is 5.97 Å². The van der Waals surface area contributed by atoms with E-state index in [0.29, 0.717) is 12.0 Å². The molecule has 2 fully saturated rings. The minimum absolute atomic E-state index is 0.0670. The van der Waals surface area contributed by atoms with Crippen molar-refractivity contribution in [3.05, 3.63) is 53.4 Å². The van der Waals surface area contributed by atoms with Gasteiger partial charge in [-0.25, -0.2) is 9.48 Å². The van der Waals surface area contributed by atoms with E-state index in [0.717, 1.165) is 42.0 Å². The Kier molecular flexibility index (Phi) is 6.54. The molecule has 2 aromatic rings. The van der Waals surface area contributed by atoms with Crippen LogP contribution in [0.25, 0.3) is 11.8 Å².